The minimum Gasteiger partial charge on any atom is -0.496 e. The van der Waals surface area contributed by atoms with Gasteiger partial charge >= 0.3 is 17.8 Å². The number of methoxy groups -OCH3 is 1. The largest absolute Gasteiger partial charge is 0.496 e. The number of benzene rings is 1. The van der Waals surface area contributed by atoms with Crippen molar-refractivity contribution in [3.05, 3.63) is 27.8 Å². The topological polar surface area (TPSA) is 87.9 Å². The summed E-state index contributed by atoms with van der Waals surface area (Å²) < 4.78 is 52.5. The summed E-state index contributed by atoms with van der Waals surface area (Å²) in [6, 6.07) is 1.11. The van der Waals surface area contributed by atoms with Gasteiger partial charge in [0.05, 0.1) is 12.0 Å². The molecule has 0 saturated heterocycles. The highest BCUT2D eigenvalue weighted by molar-refractivity contribution is 5.65. The molecule has 0 atom stereocenters. The Morgan fingerprint density at radius 1 is 1.27 bits per heavy atom. The van der Waals surface area contributed by atoms with Gasteiger partial charge < -0.3 is 14.2 Å². The molecule has 1 rings (SSSR count). The maximum absolute atomic E-state index is 12.8. The molecule has 0 unspecified atom stereocenters. The molecule has 0 amide bonds. The zero-order valence-electron chi connectivity index (χ0n) is 11.6. The summed E-state index contributed by atoms with van der Waals surface area (Å²) in [5.74, 6) is -1.61. The van der Waals surface area contributed by atoms with E-state index in [9.17, 15) is 28.1 Å². The monoisotopic (exact) mass is 323 g/mol. The lowest BCUT2D eigenvalue weighted by Crippen LogP contribution is -2.12. The molecule has 0 aliphatic rings. The van der Waals surface area contributed by atoms with Gasteiger partial charge in [-0.1, -0.05) is 0 Å². The maximum Gasteiger partial charge on any atom is 0.420 e. The highest BCUT2D eigenvalue weighted by Gasteiger charge is 2.37. The van der Waals surface area contributed by atoms with Crippen molar-refractivity contribution in [3.8, 4) is 11.5 Å². The number of rotatable bonds is 6. The van der Waals surface area contributed by atoms with Crippen LogP contribution in [0.5, 0.6) is 11.5 Å². The second-order valence-electron chi connectivity index (χ2n) is 3.96. The van der Waals surface area contributed by atoms with Crippen LogP contribution in [0, 0.1) is 10.1 Å². The molecule has 0 aromatic heterocycles. The molecular formula is C12H12F3NO6. The molecule has 0 saturated carbocycles. The highest BCUT2D eigenvalue weighted by Crippen LogP contribution is 2.42. The third kappa shape index (κ3) is 4.50. The molecule has 1 aromatic rings. The van der Waals surface area contributed by atoms with E-state index in [2.05, 4.69) is 9.47 Å². The lowest BCUT2D eigenvalue weighted by molar-refractivity contribution is -0.386. The molecule has 0 fully saturated rings. The Labute approximate surface area is 122 Å². The number of alkyl halides is 3. The van der Waals surface area contributed by atoms with Gasteiger partial charge in [-0.25, -0.2) is 0 Å². The first-order chi connectivity index (χ1) is 10.2. The van der Waals surface area contributed by atoms with Crippen LogP contribution in [-0.4, -0.2) is 31.2 Å². The van der Waals surface area contributed by atoms with Crippen molar-refractivity contribution in [2.45, 2.75) is 13.1 Å². The Morgan fingerprint density at radius 3 is 2.36 bits per heavy atom. The van der Waals surface area contributed by atoms with E-state index in [1.165, 1.54) is 0 Å². The van der Waals surface area contributed by atoms with Crippen molar-refractivity contribution in [2.75, 3.05) is 20.3 Å². The van der Waals surface area contributed by atoms with Crippen molar-refractivity contribution < 1.29 is 37.1 Å². The van der Waals surface area contributed by atoms with Gasteiger partial charge in [0.15, 0.2) is 0 Å². The van der Waals surface area contributed by atoms with Gasteiger partial charge in [0.25, 0.3) is 0 Å². The smallest absolute Gasteiger partial charge is 0.420 e. The van der Waals surface area contributed by atoms with Gasteiger partial charge in [-0.3, -0.25) is 14.9 Å². The fraction of sp³-hybridized carbons (Fsp3) is 0.417. The van der Waals surface area contributed by atoms with Gasteiger partial charge in [-0.2, -0.15) is 13.2 Å². The molecule has 10 heteroatoms. The molecule has 1 aromatic carbocycles. The van der Waals surface area contributed by atoms with E-state index in [0.717, 1.165) is 20.1 Å². The standard InChI is InChI=1S/C12H12F3NO6/c1-7(17)21-3-4-22-11-6-10(20-2)8(12(13,14)15)5-9(11)16(18)19/h5-6H,3-4H2,1-2H3. The van der Waals surface area contributed by atoms with Gasteiger partial charge in [0, 0.05) is 19.1 Å². The van der Waals surface area contributed by atoms with Crippen LogP contribution >= 0.6 is 0 Å². The van der Waals surface area contributed by atoms with Gasteiger partial charge in [-0.05, 0) is 0 Å². The molecular weight excluding hydrogens is 311 g/mol. The van der Waals surface area contributed by atoms with Crippen molar-refractivity contribution in [3.63, 3.8) is 0 Å². The molecule has 122 valence electrons. The molecule has 0 radical (unpaired) electrons. The Hall–Kier alpha value is -2.52. The summed E-state index contributed by atoms with van der Waals surface area (Å²) in [4.78, 5) is 20.4. The van der Waals surface area contributed by atoms with Crippen LogP contribution in [0.4, 0.5) is 18.9 Å². The van der Waals surface area contributed by atoms with Crippen molar-refractivity contribution in [1.29, 1.82) is 0 Å². The number of ether oxygens (including phenoxy) is 3. The summed E-state index contributed by atoms with van der Waals surface area (Å²) >= 11 is 0. The fourth-order valence-electron chi connectivity index (χ4n) is 1.54. The predicted molar refractivity (Wildman–Crippen MR) is 66.8 cm³/mol. The van der Waals surface area contributed by atoms with Gasteiger partial charge in [0.2, 0.25) is 5.75 Å². The van der Waals surface area contributed by atoms with Crippen LogP contribution < -0.4 is 9.47 Å². The van der Waals surface area contributed by atoms with Crippen molar-refractivity contribution in [1.82, 2.24) is 0 Å². The molecule has 7 nitrogen and oxygen atoms in total. The number of esters is 1. The molecule has 0 aliphatic heterocycles. The number of carbonyl (C=O) groups excluding carboxylic acids is 1. The van der Waals surface area contributed by atoms with Gasteiger partial charge in [0.1, 0.15) is 24.5 Å². The summed E-state index contributed by atoms with van der Waals surface area (Å²) in [5, 5.41) is 10.9. The van der Waals surface area contributed by atoms with Crippen molar-refractivity contribution in [2.24, 2.45) is 0 Å². The number of nitro groups is 1. The fourth-order valence-corrected chi connectivity index (χ4v) is 1.54. The van der Waals surface area contributed by atoms with E-state index < -0.39 is 39.8 Å². The summed E-state index contributed by atoms with van der Waals surface area (Å²) in [6.07, 6.45) is -4.81. The molecule has 0 aliphatic carbocycles. The third-order valence-corrected chi connectivity index (χ3v) is 2.43. The lowest BCUT2D eigenvalue weighted by Gasteiger charge is -2.14. The molecule has 0 N–H and O–H groups in total. The minimum absolute atomic E-state index is 0.199. The average Bonchev–Trinajstić information content (AvgIpc) is 2.41. The Balaban J connectivity index is 3.10. The number of halogens is 3. The quantitative estimate of drug-likeness (QED) is 0.346. The van der Waals surface area contributed by atoms with Crippen LogP contribution in [0.2, 0.25) is 0 Å². The van der Waals surface area contributed by atoms with E-state index in [1.54, 1.807) is 0 Å². The van der Waals surface area contributed by atoms with Gasteiger partial charge in [-0.15, -0.1) is 0 Å². The van der Waals surface area contributed by atoms with E-state index >= 15 is 0 Å². The van der Waals surface area contributed by atoms with Crippen LogP contribution in [-0.2, 0) is 15.7 Å². The first-order valence-corrected chi connectivity index (χ1v) is 5.86. The highest BCUT2D eigenvalue weighted by atomic mass is 19.4. The third-order valence-electron chi connectivity index (χ3n) is 2.43. The van der Waals surface area contributed by atoms with Crippen LogP contribution in [0.1, 0.15) is 12.5 Å². The minimum atomic E-state index is -4.81. The first-order valence-electron chi connectivity index (χ1n) is 5.86. The molecule has 0 spiro atoms. The number of nitrogens with zero attached hydrogens (tertiary/aromatic N) is 1. The van der Waals surface area contributed by atoms with E-state index in [4.69, 9.17) is 4.74 Å². The number of hydrogen-bond acceptors (Lipinski definition) is 6. The van der Waals surface area contributed by atoms with E-state index in [1.807, 2.05) is 0 Å². The SMILES string of the molecule is COc1cc(OCCOC(C)=O)c([N+](=O)[O-])cc1C(F)(F)F. The number of nitro benzene ring substituents is 1. The Bertz CT molecular complexity index is 573. The molecule has 0 heterocycles. The maximum atomic E-state index is 12.8. The molecule has 22 heavy (non-hydrogen) atoms. The zero-order valence-corrected chi connectivity index (χ0v) is 11.6. The van der Waals surface area contributed by atoms with E-state index in [0.29, 0.717) is 6.07 Å². The summed E-state index contributed by atoms with van der Waals surface area (Å²) in [5.41, 5.74) is -2.15. The Kier molecular flexibility index (Phi) is 5.55. The second kappa shape index (κ2) is 6.96. The van der Waals surface area contributed by atoms with Crippen molar-refractivity contribution >= 4 is 11.7 Å². The first kappa shape index (κ1) is 17.5. The average molecular weight is 323 g/mol. The predicted octanol–water partition coefficient (Wildman–Crippen LogP) is 2.56. The number of carbonyl (C=O) groups is 1. The van der Waals surface area contributed by atoms with E-state index in [-0.39, 0.29) is 13.2 Å². The molecule has 0 bridgehead atoms. The zero-order chi connectivity index (χ0) is 16.9. The Morgan fingerprint density at radius 2 is 1.91 bits per heavy atom. The van der Waals surface area contributed by atoms with Crippen LogP contribution in [0.3, 0.4) is 0 Å². The number of hydrogen-bond donors (Lipinski definition) is 0. The summed E-state index contributed by atoms with van der Waals surface area (Å²) in [6.45, 7) is 0.703. The lowest BCUT2D eigenvalue weighted by atomic mass is 10.1. The normalized spacial score (nSPS) is 11.0. The summed E-state index contributed by atoms with van der Waals surface area (Å²) in [7, 11) is 0.999. The van der Waals surface area contributed by atoms with Crippen LogP contribution in [0.15, 0.2) is 12.1 Å². The second-order valence-corrected chi connectivity index (χ2v) is 3.96. The van der Waals surface area contributed by atoms with Crippen LogP contribution in [0.25, 0.3) is 0 Å².